The Morgan fingerprint density at radius 3 is 2.84 bits per heavy atom. The van der Waals surface area contributed by atoms with Gasteiger partial charge in [-0.25, -0.2) is 8.42 Å². The van der Waals surface area contributed by atoms with Crippen LogP contribution in [-0.2, 0) is 22.8 Å². The first kappa shape index (κ1) is 14.3. The van der Waals surface area contributed by atoms with Gasteiger partial charge in [0.05, 0.1) is 5.75 Å². The molecule has 1 heterocycles. The zero-order valence-corrected chi connectivity index (χ0v) is 11.9. The number of nitrogens with two attached hydrogens (primary N) is 1. The number of fused-ring (bicyclic) bond motifs is 1. The largest absolute Gasteiger partial charge is 0.324 e. The van der Waals surface area contributed by atoms with Gasteiger partial charge in [0, 0.05) is 30.1 Å². The van der Waals surface area contributed by atoms with E-state index in [9.17, 15) is 13.2 Å². The Balaban J connectivity index is 2.35. The van der Waals surface area contributed by atoms with Gasteiger partial charge in [0.1, 0.15) is 0 Å². The summed E-state index contributed by atoms with van der Waals surface area (Å²) in [4.78, 5) is 11.9. The summed E-state index contributed by atoms with van der Waals surface area (Å²) in [6.07, 6.45) is 2.65. The number of aromatic nitrogens is 1. The smallest absolute Gasteiger partial charge is 0.250 e. The average Bonchev–Trinajstić information content (AvgIpc) is 2.38. The van der Waals surface area contributed by atoms with E-state index in [0.29, 0.717) is 0 Å². The SMILES string of the molecule is CCS(=O)(=O)CCn1c2c(ccc1=O)C(N)CCC2. The van der Waals surface area contributed by atoms with Crippen LogP contribution in [0.1, 0.15) is 37.1 Å². The molecule has 6 heteroatoms. The van der Waals surface area contributed by atoms with E-state index in [-0.39, 0.29) is 29.7 Å². The van der Waals surface area contributed by atoms with Gasteiger partial charge in [-0.3, -0.25) is 4.79 Å². The summed E-state index contributed by atoms with van der Waals surface area (Å²) in [6, 6.07) is 3.23. The monoisotopic (exact) mass is 284 g/mol. The first-order valence-corrected chi connectivity index (χ1v) is 8.45. The lowest BCUT2D eigenvalue weighted by atomic mass is 9.91. The standard InChI is InChI=1S/C13H20N2O3S/c1-2-19(17,18)9-8-15-12-5-3-4-11(14)10(12)6-7-13(15)16/h6-7,11H,2-5,8-9,14H2,1H3. The Hall–Kier alpha value is -1.14. The highest BCUT2D eigenvalue weighted by atomic mass is 32.2. The molecule has 1 atom stereocenters. The molecule has 0 aliphatic heterocycles. The molecule has 1 unspecified atom stereocenters. The summed E-state index contributed by atoms with van der Waals surface area (Å²) in [5.41, 5.74) is 7.80. The van der Waals surface area contributed by atoms with E-state index in [2.05, 4.69) is 0 Å². The Bertz CT molecular complexity index is 619. The molecule has 0 saturated heterocycles. The van der Waals surface area contributed by atoms with E-state index in [0.717, 1.165) is 30.5 Å². The molecule has 2 rings (SSSR count). The fourth-order valence-electron chi connectivity index (χ4n) is 2.52. The van der Waals surface area contributed by atoms with Gasteiger partial charge in [-0.05, 0) is 24.8 Å². The van der Waals surface area contributed by atoms with E-state index in [1.54, 1.807) is 17.6 Å². The highest BCUT2D eigenvalue weighted by Crippen LogP contribution is 2.26. The van der Waals surface area contributed by atoms with Gasteiger partial charge in [0.15, 0.2) is 9.84 Å². The topological polar surface area (TPSA) is 82.2 Å². The summed E-state index contributed by atoms with van der Waals surface area (Å²) < 4.78 is 24.7. The second-order valence-corrected chi connectivity index (χ2v) is 7.43. The molecular formula is C13H20N2O3S. The van der Waals surface area contributed by atoms with Crippen LogP contribution in [0.25, 0.3) is 0 Å². The maximum Gasteiger partial charge on any atom is 0.250 e. The van der Waals surface area contributed by atoms with E-state index < -0.39 is 9.84 Å². The Labute approximate surface area is 113 Å². The lowest BCUT2D eigenvalue weighted by Crippen LogP contribution is -2.31. The van der Waals surface area contributed by atoms with Gasteiger partial charge in [-0.1, -0.05) is 13.0 Å². The molecule has 0 spiro atoms. The van der Waals surface area contributed by atoms with E-state index in [1.165, 1.54) is 6.07 Å². The first-order chi connectivity index (χ1) is 8.94. The molecule has 0 fully saturated rings. The number of sulfone groups is 1. The van der Waals surface area contributed by atoms with E-state index >= 15 is 0 Å². The predicted molar refractivity (Wildman–Crippen MR) is 74.9 cm³/mol. The van der Waals surface area contributed by atoms with Crippen molar-refractivity contribution in [2.75, 3.05) is 11.5 Å². The van der Waals surface area contributed by atoms with Crippen molar-refractivity contribution in [1.29, 1.82) is 0 Å². The van der Waals surface area contributed by atoms with Crippen LogP contribution in [0, 0.1) is 0 Å². The molecule has 0 saturated carbocycles. The van der Waals surface area contributed by atoms with Crippen LogP contribution in [0.2, 0.25) is 0 Å². The van der Waals surface area contributed by atoms with E-state index in [1.807, 2.05) is 0 Å². The average molecular weight is 284 g/mol. The molecule has 1 aliphatic rings. The fourth-order valence-corrected chi connectivity index (χ4v) is 3.27. The maximum atomic E-state index is 11.9. The molecule has 0 amide bonds. The van der Waals surface area contributed by atoms with Gasteiger partial charge in [0.2, 0.25) is 0 Å². The molecule has 19 heavy (non-hydrogen) atoms. The summed E-state index contributed by atoms with van der Waals surface area (Å²) in [6.45, 7) is 1.85. The van der Waals surface area contributed by atoms with Gasteiger partial charge in [-0.2, -0.15) is 0 Å². The zero-order valence-electron chi connectivity index (χ0n) is 11.1. The van der Waals surface area contributed by atoms with Gasteiger partial charge >= 0.3 is 0 Å². The van der Waals surface area contributed by atoms with Crippen molar-refractivity contribution in [3.05, 3.63) is 33.7 Å². The lowest BCUT2D eigenvalue weighted by Gasteiger charge is -2.25. The minimum atomic E-state index is -3.07. The van der Waals surface area contributed by atoms with Crippen molar-refractivity contribution < 1.29 is 8.42 Å². The third-order valence-corrected chi connectivity index (χ3v) is 5.41. The number of hydrogen-bond donors (Lipinski definition) is 1. The second kappa shape index (κ2) is 5.46. The van der Waals surface area contributed by atoms with Gasteiger partial charge in [-0.15, -0.1) is 0 Å². The summed E-state index contributed by atoms with van der Waals surface area (Å²) in [5, 5.41) is 0. The third kappa shape index (κ3) is 3.06. The number of nitrogens with zero attached hydrogens (tertiary/aromatic N) is 1. The predicted octanol–water partition coefficient (Wildman–Crippen LogP) is 0.619. The minimum Gasteiger partial charge on any atom is -0.324 e. The van der Waals surface area contributed by atoms with Crippen LogP contribution in [0.5, 0.6) is 0 Å². The van der Waals surface area contributed by atoms with Crippen molar-refractivity contribution in [2.24, 2.45) is 5.73 Å². The van der Waals surface area contributed by atoms with Crippen LogP contribution in [0.4, 0.5) is 0 Å². The molecule has 5 nitrogen and oxygen atoms in total. The molecule has 1 aliphatic carbocycles. The van der Waals surface area contributed by atoms with Crippen LogP contribution in [0.15, 0.2) is 16.9 Å². The molecule has 1 aromatic heterocycles. The minimum absolute atomic E-state index is 0.00903. The highest BCUT2D eigenvalue weighted by Gasteiger charge is 2.20. The molecule has 2 N–H and O–H groups in total. The van der Waals surface area contributed by atoms with Crippen LogP contribution < -0.4 is 11.3 Å². The fraction of sp³-hybridized carbons (Fsp3) is 0.615. The molecule has 106 valence electrons. The van der Waals surface area contributed by atoms with Crippen molar-refractivity contribution in [2.45, 2.75) is 38.8 Å². The quantitative estimate of drug-likeness (QED) is 0.878. The maximum absolute atomic E-state index is 11.9. The molecule has 0 bridgehead atoms. The van der Waals surface area contributed by atoms with Crippen molar-refractivity contribution in [1.82, 2.24) is 4.57 Å². The summed E-state index contributed by atoms with van der Waals surface area (Å²) >= 11 is 0. The molecule has 0 radical (unpaired) electrons. The lowest BCUT2D eigenvalue weighted by molar-refractivity contribution is 0.523. The first-order valence-electron chi connectivity index (χ1n) is 6.63. The van der Waals surface area contributed by atoms with Crippen LogP contribution in [0.3, 0.4) is 0 Å². The Morgan fingerprint density at radius 2 is 2.16 bits per heavy atom. The van der Waals surface area contributed by atoms with Crippen molar-refractivity contribution >= 4 is 9.84 Å². The van der Waals surface area contributed by atoms with Crippen LogP contribution >= 0.6 is 0 Å². The Morgan fingerprint density at radius 1 is 1.42 bits per heavy atom. The highest BCUT2D eigenvalue weighted by molar-refractivity contribution is 7.91. The molecule has 1 aromatic rings. The van der Waals surface area contributed by atoms with Crippen molar-refractivity contribution in [3.63, 3.8) is 0 Å². The molecular weight excluding hydrogens is 264 g/mol. The summed E-state index contributed by atoms with van der Waals surface area (Å²) in [5.74, 6) is 0.116. The number of rotatable bonds is 4. The third-order valence-electron chi connectivity index (χ3n) is 3.72. The number of hydrogen-bond acceptors (Lipinski definition) is 4. The number of pyridine rings is 1. The summed E-state index contributed by atoms with van der Waals surface area (Å²) in [7, 11) is -3.07. The van der Waals surface area contributed by atoms with Crippen molar-refractivity contribution in [3.8, 4) is 0 Å². The molecule has 0 aromatic carbocycles. The van der Waals surface area contributed by atoms with Crippen LogP contribution in [-0.4, -0.2) is 24.5 Å². The van der Waals surface area contributed by atoms with Gasteiger partial charge < -0.3 is 10.3 Å². The van der Waals surface area contributed by atoms with Gasteiger partial charge in [0.25, 0.3) is 5.56 Å². The zero-order chi connectivity index (χ0) is 14.0. The Kier molecular flexibility index (Phi) is 4.10. The second-order valence-electron chi connectivity index (χ2n) is 4.96. The normalized spacial score (nSPS) is 19.2. The van der Waals surface area contributed by atoms with E-state index in [4.69, 9.17) is 5.73 Å².